The Labute approximate surface area is 186 Å². The number of anilines is 1. The van der Waals surface area contributed by atoms with Gasteiger partial charge in [-0.1, -0.05) is 55.5 Å². The molecule has 1 N–H and O–H groups in total. The fourth-order valence-corrected chi connectivity index (χ4v) is 4.72. The topological polar surface area (TPSA) is 87.2 Å². The molecule has 1 spiro atoms. The molecule has 4 rings (SSSR count). The number of aliphatic hydroxyl groups is 1. The van der Waals surface area contributed by atoms with Crippen molar-refractivity contribution in [2.45, 2.75) is 25.3 Å². The van der Waals surface area contributed by atoms with E-state index in [1.54, 1.807) is 54.5 Å². The highest BCUT2D eigenvalue weighted by Crippen LogP contribution is 2.53. The minimum atomic E-state index is -1.70. The van der Waals surface area contributed by atoms with E-state index in [2.05, 4.69) is 0 Å². The molecule has 7 heteroatoms. The lowest BCUT2D eigenvalue weighted by Gasteiger charge is -2.34. The fourth-order valence-electron chi connectivity index (χ4n) is 4.72. The third kappa shape index (κ3) is 3.04. The van der Waals surface area contributed by atoms with Gasteiger partial charge in [0.05, 0.1) is 11.3 Å². The predicted octanol–water partition coefficient (Wildman–Crippen LogP) is 3.06. The molecule has 2 aliphatic heterocycles. The summed E-state index contributed by atoms with van der Waals surface area (Å²) >= 11 is 0. The van der Waals surface area contributed by atoms with Crippen molar-refractivity contribution in [3.05, 3.63) is 71.3 Å². The highest BCUT2D eigenvalue weighted by molar-refractivity contribution is 6.50. The van der Waals surface area contributed by atoms with E-state index in [-0.39, 0.29) is 17.9 Å². The number of carbonyl (C=O) groups excluding carboxylic acids is 3. The van der Waals surface area contributed by atoms with Crippen molar-refractivity contribution in [1.82, 2.24) is 4.90 Å². The van der Waals surface area contributed by atoms with Gasteiger partial charge in [-0.25, -0.2) is 0 Å². The number of amides is 2. The number of methoxy groups -OCH3 is 1. The zero-order valence-electron chi connectivity index (χ0n) is 18.2. The van der Waals surface area contributed by atoms with Gasteiger partial charge < -0.3 is 19.6 Å². The second-order valence-electron chi connectivity index (χ2n) is 7.91. The maximum absolute atomic E-state index is 14.1. The highest BCUT2D eigenvalue weighted by Gasteiger charge is 2.66. The molecule has 7 nitrogen and oxygen atoms in total. The maximum Gasteiger partial charge on any atom is 0.296 e. The number of hydrogen-bond donors (Lipinski definition) is 1. The Hall–Kier alpha value is -3.45. The number of nitrogens with zero attached hydrogens (tertiary/aromatic N) is 2. The molecular formula is C25H26N2O5. The lowest BCUT2D eigenvalue weighted by molar-refractivity contribution is -0.143. The molecule has 2 heterocycles. The Kier molecular flexibility index (Phi) is 5.84. The van der Waals surface area contributed by atoms with Crippen molar-refractivity contribution in [2.75, 3.05) is 31.7 Å². The SMILES string of the molecule is CCCN1C(=O)C2(C(=C(O)c3ccccc3)C(=O)C(=O)N2CCCOC)c2ccccc21. The van der Waals surface area contributed by atoms with Crippen LogP contribution in [0.25, 0.3) is 5.76 Å². The standard InChI is InChI=1S/C25H26N2O5/c1-3-14-26-19-13-8-7-12-18(19)25(24(26)31)20(21(28)17-10-5-4-6-11-17)22(29)23(30)27(25)15-9-16-32-2/h4-8,10-13,28H,3,9,14-16H2,1-2H3. The number of hydrogen-bond acceptors (Lipinski definition) is 5. The normalized spacial score (nSPS) is 21.6. The number of para-hydroxylation sites is 1. The molecule has 2 amide bonds. The summed E-state index contributed by atoms with van der Waals surface area (Å²) in [6.07, 6.45) is 1.14. The summed E-state index contributed by atoms with van der Waals surface area (Å²) in [6, 6.07) is 15.7. The van der Waals surface area contributed by atoms with E-state index in [1.165, 1.54) is 4.90 Å². The van der Waals surface area contributed by atoms with Crippen LogP contribution in [0.1, 0.15) is 30.9 Å². The van der Waals surface area contributed by atoms with Crippen LogP contribution in [0.4, 0.5) is 5.69 Å². The van der Waals surface area contributed by atoms with Crippen LogP contribution in [0.3, 0.4) is 0 Å². The van der Waals surface area contributed by atoms with Gasteiger partial charge in [-0.05, 0) is 18.9 Å². The summed E-state index contributed by atoms with van der Waals surface area (Å²) in [7, 11) is 1.55. The van der Waals surface area contributed by atoms with E-state index in [0.717, 1.165) is 0 Å². The van der Waals surface area contributed by atoms with Gasteiger partial charge >= 0.3 is 0 Å². The van der Waals surface area contributed by atoms with Gasteiger partial charge in [-0.15, -0.1) is 0 Å². The van der Waals surface area contributed by atoms with E-state index >= 15 is 0 Å². The van der Waals surface area contributed by atoms with E-state index in [0.29, 0.717) is 42.8 Å². The lowest BCUT2D eigenvalue weighted by Crippen LogP contribution is -2.52. The smallest absolute Gasteiger partial charge is 0.296 e. The van der Waals surface area contributed by atoms with Gasteiger partial charge in [0.1, 0.15) is 5.76 Å². The zero-order valence-corrected chi connectivity index (χ0v) is 18.2. The third-order valence-corrected chi connectivity index (χ3v) is 6.03. The molecule has 1 saturated heterocycles. The molecule has 1 unspecified atom stereocenters. The predicted molar refractivity (Wildman–Crippen MR) is 120 cm³/mol. The molecule has 0 aliphatic carbocycles. The first-order chi connectivity index (χ1) is 15.5. The van der Waals surface area contributed by atoms with E-state index in [4.69, 9.17) is 4.74 Å². The number of rotatable bonds is 7. The summed E-state index contributed by atoms with van der Waals surface area (Å²) in [5, 5.41) is 11.3. The van der Waals surface area contributed by atoms with Gasteiger partial charge in [-0.2, -0.15) is 0 Å². The van der Waals surface area contributed by atoms with Crippen LogP contribution in [0.5, 0.6) is 0 Å². The molecule has 32 heavy (non-hydrogen) atoms. The molecule has 0 aromatic heterocycles. The molecule has 0 saturated carbocycles. The number of likely N-dealkylation sites (tertiary alicyclic amines) is 1. The largest absolute Gasteiger partial charge is 0.507 e. The molecule has 2 aromatic rings. The van der Waals surface area contributed by atoms with Crippen LogP contribution >= 0.6 is 0 Å². The average molecular weight is 434 g/mol. The maximum atomic E-state index is 14.1. The van der Waals surface area contributed by atoms with Crippen molar-refractivity contribution in [2.24, 2.45) is 0 Å². The first kappa shape index (κ1) is 21.8. The Morgan fingerprint density at radius 1 is 1.00 bits per heavy atom. The van der Waals surface area contributed by atoms with Crippen molar-refractivity contribution in [1.29, 1.82) is 0 Å². The number of benzene rings is 2. The Bertz CT molecular complexity index is 1090. The molecule has 2 aromatic carbocycles. The van der Waals surface area contributed by atoms with Crippen molar-refractivity contribution in [3.63, 3.8) is 0 Å². The van der Waals surface area contributed by atoms with Crippen molar-refractivity contribution >= 4 is 29.0 Å². The minimum Gasteiger partial charge on any atom is -0.507 e. The van der Waals surface area contributed by atoms with Crippen LogP contribution in [0.2, 0.25) is 0 Å². The first-order valence-electron chi connectivity index (χ1n) is 10.8. The number of Topliss-reactive ketones (excluding diaryl/α,β-unsaturated/α-hetero) is 1. The monoisotopic (exact) mass is 434 g/mol. The number of fused-ring (bicyclic) bond motifs is 2. The van der Waals surface area contributed by atoms with E-state index in [9.17, 15) is 19.5 Å². The molecule has 166 valence electrons. The summed E-state index contributed by atoms with van der Waals surface area (Å²) < 4.78 is 5.13. The van der Waals surface area contributed by atoms with E-state index < -0.39 is 23.1 Å². The van der Waals surface area contributed by atoms with E-state index in [1.807, 2.05) is 19.1 Å². The Morgan fingerprint density at radius 2 is 1.69 bits per heavy atom. The van der Waals surface area contributed by atoms with Crippen LogP contribution in [-0.2, 0) is 24.7 Å². The number of aliphatic hydroxyl groups excluding tert-OH is 1. The second kappa shape index (κ2) is 8.59. The molecule has 0 bridgehead atoms. The Morgan fingerprint density at radius 3 is 2.38 bits per heavy atom. The quantitative estimate of drug-likeness (QED) is 0.313. The van der Waals surface area contributed by atoms with Crippen LogP contribution in [0.15, 0.2) is 60.2 Å². The van der Waals surface area contributed by atoms with Crippen LogP contribution < -0.4 is 4.90 Å². The first-order valence-corrected chi connectivity index (χ1v) is 10.8. The average Bonchev–Trinajstić information content (AvgIpc) is 3.19. The van der Waals surface area contributed by atoms with Crippen LogP contribution in [-0.4, -0.2) is 54.4 Å². The van der Waals surface area contributed by atoms with Gasteiger partial charge in [0, 0.05) is 37.9 Å². The summed E-state index contributed by atoms with van der Waals surface area (Å²) in [6.45, 7) is 2.90. The molecule has 1 atom stereocenters. The summed E-state index contributed by atoms with van der Waals surface area (Å²) in [4.78, 5) is 43.6. The van der Waals surface area contributed by atoms with Gasteiger partial charge in [0.2, 0.25) is 0 Å². The van der Waals surface area contributed by atoms with Gasteiger partial charge in [-0.3, -0.25) is 14.4 Å². The summed E-state index contributed by atoms with van der Waals surface area (Å²) in [5.41, 5.74) is -0.319. The van der Waals surface area contributed by atoms with Crippen molar-refractivity contribution in [3.8, 4) is 0 Å². The van der Waals surface area contributed by atoms with Crippen molar-refractivity contribution < 1.29 is 24.2 Å². The zero-order chi connectivity index (χ0) is 22.9. The van der Waals surface area contributed by atoms with Gasteiger partial charge in [0.25, 0.3) is 17.6 Å². The lowest BCUT2D eigenvalue weighted by atomic mass is 9.82. The van der Waals surface area contributed by atoms with Gasteiger partial charge in [0.15, 0.2) is 5.54 Å². The minimum absolute atomic E-state index is 0.143. The Balaban J connectivity index is 2.02. The molecular weight excluding hydrogens is 408 g/mol. The molecule has 2 aliphatic rings. The highest BCUT2D eigenvalue weighted by atomic mass is 16.5. The number of carbonyl (C=O) groups is 3. The molecule has 0 radical (unpaired) electrons. The third-order valence-electron chi connectivity index (χ3n) is 6.03. The molecule has 1 fully saturated rings. The fraction of sp³-hybridized carbons (Fsp3) is 0.320. The van der Waals surface area contributed by atoms with Crippen LogP contribution in [0, 0.1) is 0 Å². The summed E-state index contributed by atoms with van der Waals surface area (Å²) in [5.74, 6) is -2.39. The number of ether oxygens (including phenoxy) is 1. The number of ketones is 1. The second-order valence-corrected chi connectivity index (χ2v) is 7.91.